The van der Waals surface area contributed by atoms with Crippen LogP contribution >= 0.6 is 15.9 Å². The van der Waals surface area contributed by atoms with Gasteiger partial charge in [0.1, 0.15) is 5.76 Å². The van der Waals surface area contributed by atoms with Gasteiger partial charge in [0.25, 0.3) is 5.91 Å². The van der Waals surface area contributed by atoms with Crippen LogP contribution in [0.5, 0.6) is 0 Å². The molecule has 1 amide bonds. The van der Waals surface area contributed by atoms with Gasteiger partial charge in [0.2, 0.25) is 5.89 Å². The third-order valence-corrected chi connectivity index (χ3v) is 3.14. The molecule has 7 nitrogen and oxygen atoms in total. The lowest BCUT2D eigenvalue weighted by Crippen LogP contribution is -2.25. The Morgan fingerprint density at radius 1 is 1.50 bits per heavy atom. The third-order valence-electron chi connectivity index (χ3n) is 2.71. The number of halogens is 1. The molecule has 0 radical (unpaired) electrons. The number of nitrogens with two attached hydrogens (primary N) is 1. The van der Waals surface area contributed by atoms with Crippen LogP contribution in [-0.2, 0) is 6.54 Å². The Bertz CT molecular complexity index is 621. The number of hydrazine groups is 1. The van der Waals surface area contributed by atoms with E-state index in [1.165, 1.54) is 0 Å². The number of anilines is 1. The summed E-state index contributed by atoms with van der Waals surface area (Å²) in [5.74, 6) is 6.50. The number of pyridine rings is 1. The van der Waals surface area contributed by atoms with E-state index in [0.717, 1.165) is 11.5 Å². The second kappa shape index (κ2) is 6.02. The molecular formula is C12H14BrN5O2. The monoisotopic (exact) mass is 339 g/mol. The predicted octanol–water partition coefficient (Wildman–Crippen LogP) is 1.66. The molecule has 2 aromatic rings. The largest absolute Gasteiger partial charge is 0.444 e. The number of nitrogens with zero attached hydrogens (tertiary/aromatic N) is 2. The zero-order valence-corrected chi connectivity index (χ0v) is 12.6. The first-order chi connectivity index (χ1) is 9.51. The maximum atomic E-state index is 12.1. The van der Waals surface area contributed by atoms with Crippen molar-refractivity contribution in [1.29, 1.82) is 0 Å². The summed E-state index contributed by atoms with van der Waals surface area (Å²) in [6, 6.07) is 1.63. The molecule has 8 heteroatoms. The topological polar surface area (TPSA) is 106 Å². The number of rotatable bonds is 4. The molecule has 0 aliphatic rings. The maximum absolute atomic E-state index is 12.1. The van der Waals surface area contributed by atoms with Crippen LogP contribution in [0.2, 0.25) is 0 Å². The number of aryl methyl sites for hydroxylation is 2. The first-order valence-corrected chi connectivity index (χ1v) is 6.64. The summed E-state index contributed by atoms with van der Waals surface area (Å²) in [4.78, 5) is 20.3. The number of aromatic nitrogens is 2. The van der Waals surface area contributed by atoms with E-state index in [9.17, 15) is 4.79 Å². The minimum absolute atomic E-state index is 0.198. The molecule has 0 fully saturated rings. The van der Waals surface area contributed by atoms with Gasteiger partial charge in [0, 0.05) is 10.7 Å². The molecule has 0 unspecified atom stereocenters. The summed E-state index contributed by atoms with van der Waals surface area (Å²) in [5, 5.41) is 2.71. The Morgan fingerprint density at radius 3 is 2.85 bits per heavy atom. The standard InChI is InChI=1S/C12H14BrN5O2/c1-6-7(2)20-10(17-6)5-16-12(19)9-3-8(13)4-15-11(9)18-14/h3-4H,5,14H2,1-2H3,(H,15,18)(H,16,19). The van der Waals surface area contributed by atoms with E-state index in [0.29, 0.717) is 21.7 Å². The van der Waals surface area contributed by atoms with Crippen molar-refractivity contribution in [2.75, 3.05) is 5.43 Å². The number of nitrogen functional groups attached to an aromatic ring is 1. The van der Waals surface area contributed by atoms with Crippen molar-refractivity contribution < 1.29 is 9.21 Å². The quantitative estimate of drug-likeness (QED) is 0.577. The summed E-state index contributed by atoms with van der Waals surface area (Å²) in [6.45, 7) is 3.87. The van der Waals surface area contributed by atoms with Crippen LogP contribution in [0.15, 0.2) is 21.2 Å². The van der Waals surface area contributed by atoms with Gasteiger partial charge in [-0.25, -0.2) is 15.8 Å². The Kier molecular flexibility index (Phi) is 4.35. The van der Waals surface area contributed by atoms with Crippen molar-refractivity contribution in [2.24, 2.45) is 5.84 Å². The highest BCUT2D eigenvalue weighted by Crippen LogP contribution is 2.17. The molecule has 0 saturated carbocycles. The third kappa shape index (κ3) is 3.14. The smallest absolute Gasteiger partial charge is 0.255 e. The summed E-state index contributed by atoms with van der Waals surface area (Å²) in [6.07, 6.45) is 1.55. The first kappa shape index (κ1) is 14.5. The molecule has 4 N–H and O–H groups in total. The second-order valence-electron chi connectivity index (χ2n) is 4.13. The van der Waals surface area contributed by atoms with Gasteiger partial charge in [0.15, 0.2) is 5.82 Å². The fourth-order valence-electron chi connectivity index (χ4n) is 1.59. The highest BCUT2D eigenvalue weighted by atomic mass is 79.9. The Hall–Kier alpha value is -1.93. The summed E-state index contributed by atoms with van der Waals surface area (Å²) in [7, 11) is 0. The van der Waals surface area contributed by atoms with Crippen LogP contribution in [0.25, 0.3) is 0 Å². The van der Waals surface area contributed by atoms with E-state index >= 15 is 0 Å². The fourth-order valence-corrected chi connectivity index (χ4v) is 1.92. The Morgan fingerprint density at radius 2 is 2.25 bits per heavy atom. The van der Waals surface area contributed by atoms with Crippen molar-refractivity contribution in [3.8, 4) is 0 Å². The van der Waals surface area contributed by atoms with Crippen molar-refractivity contribution in [1.82, 2.24) is 15.3 Å². The van der Waals surface area contributed by atoms with Crippen molar-refractivity contribution in [3.63, 3.8) is 0 Å². The molecule has 2 heterocycles. The van der Waals surface area contributed by atoms with E-state index in [4.69, 9.17) is 10.3 Å². The molecule has 2 aromatic heterocycles. The van der Waals surface area contributed by atoms with Crippen molar-refractivity contribution in [3.05, 3.63) is 39.6 Å². The van der Waals surface area contributed by atoms with E-state index < -0.39 is 0 Å². The predicted molar refractivity (Wildman–Crippen MR) is 76.9 cm³/mol. The molecule has 0 saturated heterocycles. The van der Waals surface area contributed by atoms with Gasteiger partial charge in [-0.1, -0.05) is 0 Å². The minimum atomic E-state index is -0.319. The number of amides is 1. The average molecular weight is 340 g/mol. The number of carbonyl (C=O) groups excluding carboxylic acids is 1. The maximum Gasteiger partial charge on any atom is 0.255 e. The number of oxazole rings is 1. The zero-order chi connectivity index (χ0) is 14.7. The molecule has 0 aliphatic heterocycles. The van der Waals surface area contributed by atoms with Crippen molar-refractivity contribution in [2.45, 2.75) is 20.4 Å². The zero-order valence-electron chi connectivity index (χ0n) is 11.0. The SMILES string of the molecule is Cc1nc(CNC(=O)c2cc(Br)cnc2NN)oc1C. The lowest BCUT2D eigenvalue weighted by Gasteiger charge is -2.08. The lowest BCUT2D eigenvalue weighted by molar-refractivity contribution is 0.0947. The molecule has 0 bridgehead atoms. The van der Waals surface area contributed by atoms with Crippen LogP contribution in [0.4, 0.5) is 5.82 Å². The van der Waals surface area contributed by atoms with Gasteiger partial charge in [0.05, 0.1) is 17.8 Å². The van der Waals surface area contributed by atoms with Crippen LogP contribution < -0.4 is 16.6 Å². The van der Waals surface area contributed by atoms with Gasteiger partial charge in [-0.05, 0) is 35.8 Å². The number of hydrogen-bond acceptors (Lipinski definition) is 6. The molecule has 0 aliphatic carbocycles. The summed E-state index contributed by atoms with van der Waals surface area (Å²) < 4.78 is 6.07. The van der Waals surface area contributed by atoms with Gasteiger partial charge in [-0.2, -0.15) is 0 Å². The molecule has 0 atom stereocenters. The van der Waals surface area contributed by atoms with Gasteiger partial charge >= 0.3 is 0 Å². The van der Waals surface area contributed by atoms with Crippen LogP contribution in [0.1, 0.15) is 27.7 Å². The molecule has 2 rings (SSSR count). The summed E-state index contributed by atoms with van der Waals surface area (Å²) in [5.41, 5.74) is 3.53. The minimum Gasteiger partial charge on any atom is -0.444 e. The first-order valence-electron chi connectivity index (χ1n) is 5.84. The molecule has 20 heavy (non-hydrogen) atoms. The fraction of sp³-hybridized carbons (Fsp3) is 0.250. The van der Waals surface area contributed by atoms with E-state index in [-0.39, 0.29) is 12.5 Å². The Labute approximate surface area is 124 Å². The van der Waals surface area contributed by atoms with Crippen molar-refractivity contribution >= 4 is 27.7 Å². The molecular weight excluding hydrogens is 326 g/mol. The summed E-state index contributed by atoms with van der Waals surface area (Å²) >= 11 is 3.26. The normalized spacial score (nSPS) is 10.4. The average Bonchev–Trinajstić information content (AvgIpc) is 2.75. The lowest BCUT2D eigenvalue weighted by atomic mass is 10.2. The Balaban J connectivity index is 2.10. The van der Waals surface area contributed by atoms with Crippen LogP contribution in [0.3, 0.4) is 0 Å². The van der Waals surface area contributed by atoms with Gasteiger partial charge < -0.3 is 15.2 Å². The number of nitrogens with one attached hydrogen (secondary N) is 2. The molecule has 0 aromatic carbocycles. The number of hydrogen-bond donors (Lipinski definition) is 3. The van der Waals surface area contributed by atoms with E-state index in [1.807, 2.05) is 13.8 Å². The molecule has 106 valence electrons. The second-order valence-corrected chi connectivity index (χ2v) is 5.04. The van der Waals surface area contributed by atoms with E-state index in [1.54, 1.807) is 12.3 Å². The van der Waals surface area contributed by atoms with Crippen LogP contribution in [0, 0.1) is 13.8 Å². The van der Waals surface area contributed by atoms with Gasteiger partial charge in [-0.15, -0.1) is 0 Å². The van der Waals surface area contributed by atoms with E-state index in [2.05, 4.69) is 36.6 Å². The number of carbonyl (C=O) groups is 1. The molecule has 0 spiro atoms. The highest BCUT2D eigenvalue weighted by molar-refractivity contribution is 9.10. The van der Waals surface area contributed by atoms with Gasteiger partial charge in [-0.3, -0.25) is 4.79 Å². The highest BCUT2D eigenvalue weighted by Gasteiger charge is 2.14. The van der Waals surface area contributed by atoms with Crippen LogP contribution in [-0.4, -0.2) is 15.9 Å².